The monoisotopic (exact) mass is 343 g/mol. The number of benzene rings is 2. The highest BCUT2D eigenvalue weighted by atomic mass is 79.9. The fourth-order valence-corrected chi connectivity index (χ4v) is 3.10. The number of aryl methyl sites for hydroxylation is 1. The Morgan fingerprint density at radius 3 is 2.71 bits per heavy atom. The van der Waals surface area contributed by atoms with Gasteiger partial charge in [-0.2, -0.15) is 0 Å². The predicted molar refractivity (Wildman–Crippen MR) is 90.6 cm³/mol. The van der Waals surface area contributed by atoms with E-state index in [9.17, 15) is 0 Å². The first-order chi connectivity index (χ1) is 10.2. The van der Waals surface area contributed by atoms with Crippen LogP contribution >= 0.6 is 15.9 Å². The summed E-state index contributed by atoms with van der Waals surface area (Å²) in [5.41, 5.74) is 3.36. The van der Waals surface area contributed by atoms with E-state index in [1.807, 2.05) is 18.2 Å². The van der Waals surface area contributed by atoms with Crippen LogP contribution in [0, 0.1) is 6.92 Å². The van der Waals surface area contributed by atoms with Crippen molar-refractivity contribution in [1.82, 2.24) is 5.32 Å². The average molecular weight is 344 g/mol. The van der Waals surface area contributed by atoms with Gasteiger partial charge in [0.25, 0.3) is 0 Å². The lowest BCUT2D eigenvalue weighted by molar-refractivity contribution is 0.476. The van der Waals surface area contributed by atoms with Crippen LogP contribution in [0.15, 0.2) is 57.4 Å². The van der Waals surface area contributed by atoms with Crippen LogP contribution in [-0.2, 0) is 0 Å². The van der Waals surface area contributed by atoms with Gasteiger partial charge in [0, 0.05) is 9.86 Å². The number of rotatable bonds is 4. The fourth-order valence-electron chi connectivity index (χ4n) is 2.61. The van der Waals surface area contributed by atoms with E-state index in [2.05, 4.69) is 65.4 Å². The molecule has 1 unspecified atom stereocenters. The van der Waals surface area contributed by atoms with Crippen molar-refractivity contribution >= 4 is 26.9 Å². The first kappa shape index (κ1) is 14.4. The van der Waals surface area contributed by atoms with Gasteiger partial charge in [0.2, 0.25) is 0 Å². The first-order valence-corrected chi connectivity index (χ1v) is 7.97. The van der Waals surface area contributed by atoms with Gasteiger partial charge in [-0.3, -0.25) is 0 Å². The van der Waals surface area contributed by atoms with Gasteiger partial charge in [-0.25, -0.2) is 0 Å². The highest BCUT2D eigenvalue weighted by Crippen LogP contribution is 2.33. The zero-order valence-electron chi connectivity index (χ0n) is 12.2. The molecule has 0 radical (unpaired) electrons. The molecular formula is C18H18BrNO. The normalized spacial score (nSPS) is 12.7. The SMILES string of the molecule is CCNC(c1cc2ccccc2o1)c1cccc(C)c1Br. The number of halogens is 1. The summed E-state index contributed by atoms with van der Waals surface area (Å²) in [6.07, 6.45) is 0. The number of para-hydroxylation sites is 1. The van der Waals surface area contributed by atoms with E-state index >= 15 is 0 Å². The minimum atomic E-state index is 0.0525. The molecule has 1 atom stereocenters. The molecule has 3 rings (SSSR count). The van der Waals surface area contributed by atoms with Crippen molar-refractivity contribution in [1.29, 1.82) is 0 Å². The van der Waals surface area contributed by atoms with Crippen LogP contribution in [0.5, 0.6) is 0 Å². The van der Waals surface area contributed by atoms with Crippen LogP contribution in [0.25, 0.3) is 11.0 Å². The second kappa shape index (κ2) is 6.04. The zero-order chi connectivity index (χ0) is 14.8. The summed E-state index contributed by atoms with van der Waals surface area (Å²) in [5, 5.41) is 4.66. The Labute approximate surface area is 133 Å². The summed E-state index contributed by atoms with van der Waals surface area (Å²) in [5.74, 6) is 0.948. The van der Waals surface area contributed by atoms with E-state index in [1.165, 1.54) is 11.1 Å². The van der Waals surface area contributed by atoms with E-state index in [0.717, 1.165) is 27.7 Å². The van der Waals surface area contributed by atoms with Gasteiger partial charge in [0.05, 0.1) is 6.04 Å². The quantitative estimate of drug-likeness (QED) is 0.703. The van der Waals surface area contributed by atoms with Crippen molar-refractivity contribution < 1.29 is 4.42 Å². The Morgan fingerprint density at radius 2 is 1.95 bits per heavy atom. The first-order valence-electron chi connectivity index (χ1n) is 7.17. The lowest BCUT2D eigenvalue weighted by Gasteiger charge is -2.18. The van der Waals surface area contributed by atoms with E-state index < -0.39 is 0 Å². The van der Waals surface area contributed by atoms with Gasteiger partial charge >= 0.3 is 0 Å². The Morgan fingerprint density at radius 1 is 1.14 bits per heavy atom. The number of fused-ring (bicyclic) bond motifs is 1. The highest BCUT2D eigenvalue weighted by molar-refractivity contribution is 9.10. The van der Waals surface area contributed by atoms with Gasteiger partial charge in [-0.05, 0) is 36.7 Å². The molecule has 0 amide bonds. The maximum absolute atomic E-state index is 6.05. The molecule has 2 aromatic carbocycles. The smallest absolute Gasteiger partial charge is 0.134 e. The van der Waals surface area contributed by atoms with E-state index in [1.54, 1.807) is 0 Å². The minimum absolute atomic E-state index is 0.0525. The third-order valence-electron chi connectivity index (χ3n) is 3.67. The number of hydrogen-bond donors (Lipinski definition) is 1. The molecule has 21 heavy (non-hydrogen) atoms. The maximum Gasteiger partial charge on any atom is 0.134 e. The van der Waals surface area contributed by atoms with Crippen LogP contribution in [0.1, 0.15) is 29.9 Å². The van der Waals surface area contributed by atoms with Gasteiger partial charge in [0.15, 0.2) is 0 Å². The van der Waals surface area contributed by atoms with Crippen molar-refractivity contribution in [2.24, 2.45) is 0 Å². The summed E-state index contributed by atoms with van der Waals surface area (Å²) in [7, 11) is 0. The topological polar surface area (TPSA) is 25.2 Å². The molecule has 0 saturated heterocycles. The molecule has 108 valence electrons. The highest BCUT2D eigenvalue weighted by Gasteiger charge is 2.20. The zero-order valence-corrected chi connectivity index (χ0v) is 13.8. The number of nitrogens with one attached hydrogen (secondary N) is 1. The van der Waals surface area contributed by atoms with Gasteiger partial charge in [-0.1, -0.05) is 59.3 Å². The second-order valence-electron chi connectivity index (χ2n) is 5.16. The molecule has 0 aliphatic carbocycles. The predicted octanol–water partition coefficient (Wildman–Crippen LogP) is 5.20. The molecule has 0 saturated carbocycles. The van der Waals surface area contributed by atoms with Crippen LogP contribution in [0.2, 0.25) is 0 Å². The summed E-state index contributed by atoms with van der Waals surface area (Å²) in [6.45, 7) is 5.09. The third kappa shape index (κ3) is 2.76. The van der Waals surface area contributed by atoms with E-state index in [-0.39, 0.29) is 6.04 Å². The molecule has 0 spiro atoms. The standard InChI is InChI=1S/C18H18BrNO/c1-3-20-18(14-9-6-7-12(2)17(14)19)16-11-13-8-4-5-10-15(13)21-16/h4-11,18,20H,3H2,1-2H3. The lowest BCUT2D eigenvalue weighted by Crippen LogP contribution is -2.22. The Balaban J connectivity index is 2.10. The molecule has 1 N–H and O–H groups in total. The van der Waals surface area contributed by atoms with Crippen molar-refractivity contribution in [2.45, 2.75) is 19.9 Å². The average Bonchev–Trinajstić information content (AvgIpc) is 2.91. The van der Waals surface area contributed by atoms with Crippen molar-refractivity contribution in [3.8, 4) is 0 Å². The molecule has 0 aliphatic heterocycles. The molecule has 1 heterocycles. The van der Waals surface area contributed by atoms with Gasteiger partial charge in [0.1, 0.15) is 11.3 Å². The molecule has 2 nitrogen and oxygen atoms in total. The Bertz CT molecular complexity index is 730. The summed E-state index contributed by atoms with van der Waals surface area (Å²) < 4.78 is 7.18. The van der Waals surface area contributed by atoms with Gasteiger partial charge < -0.3 is 9.73 Å². The van der Waals surface area contributed by atoms with Gasteiger partial charge in [-0.15, -0.1) is 0 Å². The van der Waals surface area contributed by atoms with Crippen molar-refractivity contribution in [3.63, 3.8) is 0 Å². The molecule has 3 aromatic rings. The van der Waals surface area contributed by atoms with Crippen LogP contribution in [0.4, 0.5) is 0 Å². The Hall–Kier alpha value is -1.58. The summed E-state index contributed by atoms with van der Waals surface area (Å²) >= 11 is 3.71. The second-order valence-corrected chi connectivity index (χ2v) is 5.95. The molecule has 1 aromatic heterocycles. The maximum atomic E-state index is 6.05. The summed E-state index contributed by atoms with van der Waals surface area (Å²) in [4.78, 5) is 0. The molecule has 3 heteroatoms. The number of hydrogen-bond acceptors (Lipinski definition) is 2. The summed E-state index contributed by atoms with van der Waals surface area (Å²) in [6, 6.07) is 16.6. The van der Waals surface area contributed by atoms with E-state index in [4.69, 9.17) is 4.42 Å². The van der Waals surface area contributed by atoms with Crippen LogP contribution < -0.4 is 5.32 Å². The van der Waals surface area contributed by atoms with Crippen molar-refractivity contribution in [2.75, 3.05) is 6.54 Å². The number of furan rings is 1. The lowest BCUT2D eigenvalue weighted by atomic mass is 10.0. The van der Waals surface area contributed by atoms with Crippen LogP contribution in [0.3, 0.4) is 0 Å². The fraction of sp³-hybridized carbons (Fsp3) is 0.222. The Kier molecular flexibility index (Phi) is 4.13. The largest absolute Gasteiger partial charge is 0.459 e. The van der Waals surface area contributed by atoms with Crippen molar-refractivity contribution in [3.05, 3.63) is 69.9 Å². The molecule has 0 fully saturated rings. The molecular weight excluding hydrogens is 326 g/mol. The molecule has 0 bridgehead atoms. The minimum Gasteiger partial charge on any atom is -0.459 e. The molecule has 0 aliphatic rings. The van der Waals surface area contributed by atoms with E-state index in [0.29, 0.717) is 0 Å². The third-order valence-corrected chi connectivity index (χ3v) is 4.75. The van der Waals surface area contributed by atoms with Crippen LogP contribution in [-0.4, -0.2) is 6.54 Å².